The molecule has 2 aromatic rings. The molecule has 134 valence electrons. The van der Waals surface area contributed by atoms with Crippen molar-refractivity contribution in [3.8, 4) is 5.75 Å². The first kappa shape index (κ1) is 17.9. The molecule has 0 spiro atoms. The van der Waals surface area contributed by atoms with Crippen LogP contribution in [0, 0.1) is 0 Å². The topological polar surface area (TPSA) is 59.1 Å². The summed E-state index contributed by atoms with van der Waals surface area (Å²) in [6, 6.07) is 14.0. The van der Waals surface area contributed by atoms with Crippen molar-refractivity contribution >= 4 is 29.2 Å². The maximum absolute atomic E-state index is 12.8. The Morgan fingerprint density at radius 1 is 1.04 bits per heavy atom. The minimum atomic E-state index is -0.416. The van der Waals surface area contributed by atoms with Gasteiger partial charge in [0.15, 0.2) is 0 Å². The zero-order chi connectivity index (χ0) is 18.7. The standard InChI is InChI=1S/C19H18N2O4S/c1-3-25-19(26)20(12-13-8-10-14(24-2)11-9-13)21-17(22)15-6-4-5-7-16(15)18(21)23/h4-11H,3,12H2,1-2H3. The highest BCUT2D eigenvalue weighted by Gasteiger charge is 2.40. The minimum absolute atomic E-state index is 0.0674. The molecule has 2 amide bonds. The van der Waals surface area contributed by atoms with Gasteiger partial charge in [-0.15, -0.1) is 0 Å². The van der Waals surface area contributed by atoms with Crippen molar-refractivity contribution in [1.29, 1.82) is 0 Å². The lowest BCUT2D eigenvalue weighted by atomic mass is 10.1. The van der Waals surface area contributed by atoms with E-state index in [9.17, 15) is 9.59 Å². The number of hydrogen-bond acceptors (Lipinski definition) is 5. The lowest BCUT2D eigenvalue weighted by Gasteiger charge is -2.31. The molecule has 0 saturated heterocycles. The number of carbonyl (C=O) groups excluding carboxylic acids is 2. The van der Waals surface area contributed by atoms with Crippen molar-refractivity contribution in [2.75, 3.05) is 13.7 Å². The lowest BCUT2D eigenvalue weighted by Crippen LogP contribution is -2.49. The summed E-state index contributed by atoms with van der Waals surface area (Å²) in [6.45, 7) is 2.34. The maximum atomic E-state index is 12.8. The lowest BCUT2D eigenvalue weighted by molar-refractivity contribution is 0.0191. The van der Waals surface area contributed by atoms with Crippen LogP contribution < -0.4 is 4.74 Å². The van der Waals surface area contributed by atoms with E-state index in [1.54, 1.807) is 50.4 Å². The molecule has 0 radical (unpaired) electrons. The highest BCUT2D eigenvalue weighted by atomic mass is 32.1. The van der Waals surface area contributed by atoms with E-state index in [0.717, 1.165) is 10.6 Å². The molecule has 0 bridgehead atoms. The molecule has 1 heterocycles. The van der Waals surface area contributed by atoms with Gasteiger partial charge in [-0.1, -0.05) is 24.3 Å². The Morgan fingerprint density at radius 2 is 1.62 bits per heavy atom. The van der Waals surface area contributed by atoms with Crippen LogP contribution in [0.1, 0.15) is 33.2 Å². The summed E-state index contributed by atoms with van der Waals surface area (Å²) in [5.41, 5.74) is 1.57. The van der Waals surface area contributed by atoms with Crippen molar-refractivity contribution in [2.45, 2.75) is 13.5 Å². The number of benzene rings is 2. The summed E-state index contributed by atoms with van der Waals surface area (Å²) >= 11 is 5.31. The molecule has 0 fully saturated rings. The third-order valence-electron chi connectivity index (χ3n) is 3.98. The van der Waals surface area contributed by atoms with E-state index in [4.69, 9.17) is 21.7 Å². The summed E-state index contributed by atoms with van der Waals surface area (Å²) in [7, 11) is 1.59. The van der Waals surface area contributed by atoms with E-state index < -0.39 is 11.8 Å². The number of hydrazine groups is 1. The Labute approximate surface area is 156 Å². The van der Waals surface area contributed by atoms with Crippen molar-refractivity contribution in [3.05, 3.63) is 65.2 Å². The molecule has 3 rings (SSSR count). The number of nitrogens with zero attached hydrogens (tertiary/aromatic N) is 2. The van der Waals surface area contributed by atoms with Crippen LogP contribution in [0.3, 0.4) is 0 Å². The van der Waals surface area contributed by atoms with Gasteiger partial charge in [0.05, 0.1) is 31.4 Å². The normalized spacial score (nSPS) is 12.8. The van der Waals surface area contributed by atoms with Crippen molar-refractivity contribution in [2.24, 2.45) is 0 Å². The fraction of sp³-hybridized carbons (Fsp3) is 0.211. The van der Waals surface area contributed by atoms with Crippen molar-refractivity contribution < 1.29 is 19.1 Å². The first-order valence-corrected chi connectivity index (χ1v) is 8.52. The molecular weight excluding hydrogens is 352 g/mol. The fourth-order valence-electron chi connectivity index (χ4n) is 2.71. The van der Waals surface area contributed by atoms with Gasteiger partial charge < -0.3 is 9.47 Å². The molecule has 0 unspecified atom stereocenters. The van der Waals surface area contributed by atoms with Crippen LogP contribution in [-0.2, 0) is 11.3 Å². The zero-order valence-electron chi connectivity index (χ0n) is 14.5. The zero-order valence-corrected chi connectivity index (χ0v) is 15.3. The highest BCUT2D eigenvalue weighted by Crippen LogP contribution is 2.26. The summed E-state index contributed by atoms with van der Waals surface area (Å²) < 4.78 is 10.6. The maximum Gasteiger partial charge on any atom is 0.280 e. The van der Waals surface area contributed by atoms with E-state index in [1.807, 2.05) is 12.1 Å². The molecule has 0 saturated carbocycles. The van der Waals surface area contributed by atoms with Gasteiger partial charge in [0.2, 0.25) is 0 Å². The average molecular weight is 370 g/mol. The Balaban J connectivity index is 1.93. The minimum Gasteiger partial charge on any atom is -0.497 e. The van der Waals surface area contributed by atoms with Gasteiger partial charge in [-0.25, -0.2) is 5.01 Å². The van der Waals surface area contributed by atoms with Gasteiger partial charge in [-0.2, -0.15) is 5.01 Å². The molecule has 0 N–H and O–H groups in total. The van der Waals surface area contributed by atoms with E-state index in [2.05, 4.69) is 0 Å². The van der Waals surface area contributed by atoms with Crippen LogP contribution in [-0.4, -0.2) is 40.7 Å². The molecular formula is C19H18N2O4S. The Bertz CT molecular complexity index is 816. The number of amides is 2. The average Bonchev–Trinajstić information content (AvgIpc) is 2.92. The SMILES string of the molecule is CCOC(=S)N(Cc1ccc(OC)cc1)N1C(=O)c2ccccc2C1=O. The van der Waals surface area contributed by atoms with Gasteiger partial charge in [-0.3, -0.25) is 9.59 Å². The number of imide groups is 1. The number of rotatable bonds is 5. The second kappa shape index (κ2) is 7.53. The summed E-state index contributed by atoms with van der Waals surface area (Å²) in [5.74, 6) is -0.115. The predicted molar refractivity (Wildman–Crippen MR) is 99.7 cm³/mol. The molecule has 6 nitrogen and oxygen atoms in total. The molecule has 1 aliphatic rings. The Kier molecular flexibility index (Phi) is 5.18. The predicted octanol–water partition coefficient (Wildman–Crippen LogP) is 3.03. The monoisotopic (exact) mass is 370 g/mol. The first-order valence-electron chi connectivity index (χ1n) is 8.11. The summed E-state index contributed by atoms with van der Waals surface area (Å²) in [5, 5.41) is 2.51. The fourth-order valence-corrected chi connectivity index (χ4v) is 2.98. The number of methoxy groups -OCH3 is 1. The largest absolute Gasteiger partial charge is 0.497 e. The third-order valence-corrected chi connectivity index (χ3v) is 4.31. The van der Waals surface area contributed by atoms with Crippen LogP contribution in [0.25, 0.3) is 0 Å². The Hall–Kier alpha value is -2.93. The van der Waals surface area contributed by atoms with Crippen LogP contribution >= 0.6 is 12.2 Å². The quantitative estimate of drug-likeness (QED) is 0.596. The molecule has 7 heteroatoms. The smallest absolute Gasteiger partial charge is 0.280 e. The van der Waals surface area contributed by atoms with Gasteiger partial charge in [0.25, 0.3) is 17.0 Å². The molecule has 0 aromatic heterocycles. The van der Waals surface area contributed by atoms with E-state index in [1.165, 1.54) is 5.01 Å². The van der Waals surface area contributed by atoms with Crippen LogP contribution in [0.5, 0.6) is 5.75 Å². The number of hydrogen-bond donors (Lipinski definition) is 0. The molecule has 1 aliphatic heterocycles. The third kappa shape index (κ3) is 3.25. The van der Waals surface area contributed by atoms with Gasteiger partial charge in [0.1, 0.15) is 5.75 Å². The highest BCUT2D eigenvalue weighted by molar-refractivity contribution is 7.80. The van der Waals surface area contributed by atoms with Crippen molar-refractivity contribution in [1.82, 2.24) is 10.0 Å². The van der Waals surface area contributed by atoms with Crippen LogP contribution in [0.4, 0.5) is 0 Å². The number of carbonyl (C=O) groups is 2. The molecule has 26 heavy (non-hydrogen) atoms. The second-order valence-corrected chi connectivity index (χ2v) is 5.92. The molecule has 0 atom stereocenters. The van der Waals surface area contributed by atoms with Gasteiger partial charge >= 0.3 is 0 Å². The first-order chi connectivity index (χ1) is 12.6. The second-order valence-electron chi connectivity index (χ2n) is 5.57. The van der Waals surface area contributed by atoms with E-state index in [0.29, 0.717) is 23.5 Å². The molecule has 2 aromatic carbocycles. The summed E-state index contributed by atoms with van der Waals surface area (Å²) in [4.78, 5) is 25.6. The Morgan fingerprint density at radius 3 is 2.12 bits per heavy atom. The van der Waals surface area contributed by atoms with Crippen molar-refractivity contribution in [3.63, 3.8) is 0 Å². The van der Waals surface area contributed by atoms with Crippen LogP contribution in [0.15, 0.2) is 48.5 Å². The summed E-state index contributed by atoms with van der Waals surface area (Å²) in [6.07, 6.45) is 0. The van der Waals surface area contributed by atoms with E-state index >= 15 is 0 Å². The van der Waals surface area contributed by atoms with Gasteiger partial charge in [-0.05, 0) is 49.0 Å². The number of thiocarbonyl (C=S) groups is 1. The number of ether oxygens (including phenoxy) is 2. The van der Waals surface area contributed by atoms with Crippen LogP contribution in [0.2, 0.25) is 0 Å². The molecule has 0 aliphatic carbocycles. The van der Waals surface area contributed by atoms with Gasteiger partial charge in [0, 0.05) is 0 Å². The van der Waals surface area contributed by atoms with E-state index in [-0.39, 0.29) is 11.7 Å². The number of fused-ring (bicyclic) bond motifs is 1.